The first-order valence-corrected chi connectivity index (χ1v) is 5.85. The molecule has 0 aromatic heterocycles. The first kappa shape index (κ1) is 13.0. The van der Waals surface area contributed by atoms with Gasteiger partial charge < -0.3 is 14.8 Å². The van der Waals surface area contributed by atoms with Crippen LogP contribution in [0.3, 0.4) is 0 Å². The van der Waals surface area contributed by atoms with Crippen LogP contribution in [0.1, 0.15) is 46.5 Å². The third-order valence-corrected chi connectivity index (χ3v) is 2.76. The van der Waals surface area contributed by atoms with Gasteiger partial charge in [0.2, 0.25) is 0 Å². The Morgan fingerprint density at radius 2 is 2.12 bits per heavy atom. The summed E-state index contributed by atoms with van der Waals surface area (Å²) >= 11 is 0. The Kier molecular flexibility index (Phi) is 4.33. The molecule has 2 atom stereocenters. The normalized spacial score (nSPS) is 25.2. The second-order valence-corrected chi connectivity index (χ2v) is 5.35. The van der Waals surface area contributed by atoms with E-state index < -0.39 is 5.60 Å². The standard InChI is InChI=1S/C12H21NO3/c1-12(2,3)16-11(15)13-10-6-4-5-9(10)7-8-14/h8-10H,4-7H2,1-3H3,(H,13,15). The number of alkyl carbamates (subject to hydrolysis) is 1. The number of ether oxygens (including phenoxy) is 1. The zero-order chi connectivity index (χ0) is 12.2. The number of rotatable bonds is 3. The van der Waals surface area contributed by atoms with Gasteiger partial charge in [0, 0.05) is 12.5 Å². The summed E-state index contributed by atoms with van der Waals surface area (Å²) in [5.74, 6) is 0.282. The van der Waals surface area contributed by atoms with E-state index >= 15 is 0 Å². The van der Waals surface area contributed by atoms with Crippen LogP contribution in [0.2, 0.25) is 0 Å². The van der Waals surface area contributed by atoms with Gasteiger partial charge in [-0.3, -0.25) is 0 Å². The molecule has 1 saturated carbocycles. The van der Waals surface area contributed by atoms with E-state index in [1.54, 1.807) is 0 Å². The predicted octanol–water partition coefficient (Wildman–Crippen LogP) is 2.27. The summed E-state index contributed by atoms with van der Waals surface area (Å²) in [6.45, 7) is 5.51. The van der Waals surface area contributed by atoms with Crippen LogP contribution in [0, 0.1) is 5.92 Å². The number of hydrogen-bond acceptors (Lipinski definition) is 3. The molecule has 1 amide bonds. The third kappa shape index (κ3) is 4.21. The van der Waals surface area contributed by atoms with Crippen molar-refractivity contribution in [3.8, 4) is 0 Å². The first-order chi connectivity index (χ1) is 7.42. The average molecular weight is 227 g/mol. The highest BCUT2D eigenvalue weighted by molar-refractivity contribution is 5.68. The minimum atomic E-state index is -0.469. The summed E-state index contributed by atoms with van der Waals surface area (Å²) in [6.07, 6.45) is 4.10. The molecule has 1 N–H and O–H groups in total. The lowest BCUT2D eigenvalue weighted by molar-refractivity contribution is -0.108. The van der Waals surface area contributed by atoms with Crippen molar-refractivity contribution in [1.82, 2.24) is 5.32 Å². The molecule has 0 aromatic carbocycles. The zero-order valence-electron chi connectivity index (χ0n) is 10.3. The van der Waals surface area contributed by atoms with Gasteiger partial charge in [0.1, 0.15) is 11.9 Å². The van der Waals surface area contributed by atoms with Crippen LogP contribution in [-0.2, 0) is 9.53 Å². The Bertz CT molecular complexity index is 257. The van der Waals surface area contributed by atoms with Crippen molar-refractivity contribution < 1.29 is 14.3 Å². The molecule has 0 heterocycles. The fourth-order valence-electron chi connectivity index (χ4n) is 2.09. The van der Waals surface area contributed by atoms with Gasteiger partial charge in [-0.05, 0) is 39.5 Å². The number of amides is 1. The Morgan fingerprint density at radius 3 is 2.69 bits per heavy atom. The summed E-state index contributed by atoms with van der Waals surface area (Å²) in [6, 6.07) is 0.0973. The van der Waals surface area contributed by atoms with E-state index in [2.05, 4.69) is 5.32 Å². The molecule has 1 fully saturated rings. The summed E-state index contributed by atoms with van der Waals surface area (Å²) in [5.41, 5.74) is -0.469. The van der Waals surface area contributed by atoms with Gasteiger partial charge in [0.05, 0.1) is 0 Å². The van der Waals surface area contributed by atoms with Gasteiger partial charge in [0.15, 0.2) is 0 Å². The average Bonchev–Trinajstić information content (AvgIpc) is 2.50. The van der Waals surface area contributed by atoms with Crippen LogP contribution in [0.4, 0.5) is 4.79 Å². The number of carbonyl (C=O) groups excluding carboxylic acids is 2. The topological polar surface area (TPSA) is 55.4 Å². The summed E-state index contributed by atoms with van der Waals surface area (Å²) in [5, 5.41) is 2.85. The van der Waals surface area contributed by atoms with E-state index in [9.17, 15) is 9.59 Å². The van der Waals surface area contributed by atoms with E-state index in [-0.39, 0.29) is 18.1 Å². The van der Waals surface area contributed by atoms with Gasteiger partial charge in [-0.15, -0.1) is 0 Å². The minimum absolute atomic E-state index is 0.0973. The molecule has 0 radical (unpaired) electrons. The molecule has 1 aliphatic carbocycles. The SMILES string of the molecule is CC(C)(C)OC(=O)NC1CCCC1CC=O. The molecule has 16 heavy (non-hydrogen) atoms. The highest BCUT2D eigenvalue weighted by Gasteiger charge is 2.29. The molecule has 1 aliphatic rings. The second-order valence-electron chi connectivity index (χ2n) is 5.35. The van der Waals surface area contributed by atoms with Gasteiger partial charge in [-0.2, -0.15) is 0 Å². The van der Waals surface area contributed by atoms with Crippen LogP contribution >= 0.6 is 0 Å². The lowest BCUT2D eigenvalue weighted by Gasteiger charge is -2.24. The quantitative estimate of drug-likeness (QED) is 0.752. The monoisotopic (exact) mass is 227 g/mol. The lowest BCUT2D eigenvalue weighted by Crippen LogP contribution is -2.40. The fraction of sp³-hybridized carbons (Fsp3) is 0.833. The van der Waals surface area contributed by atoms with E-state index in [4.69, 9.17) is 4.74 Å². The zero-order valence-corrected chi connectivity index (χ0v) is 10.3. The summed E-state index contributed by atoms with van der Waals surface area (Å²) in [4.78, 5) is 22.0. The summed E-state index contributed by atoms with van der Waals surface area (Å²) < 4.78 is 5.19. The first-order valence-electron chi connectivity index (χ1n) is 5.85. The van der Waals surface area contributed by atoms with Crippen molar-refractivity contribution in [2.24, 2.45) is 5.92 Å². The van der Waals surface area contributed by atoms with Crippen molar-refractivity contribution in [1.29, 1.82) is 0 Å². The van der Waals surface area contributed by atoms with E-state index in [1.807, 2.05) is 20.8 Å². The van der Waals surface area contributed by atoms with Gasteiger partial charge in [-0.25, -0.2) is 4.79 Å². The maximum absolute atomic E-state index is 11.5. The van der Waals surface area contributed by atoms with Crippen LogP contribution in [0.25, 0.3) is 0 Å². The maximum atomic E-state index is 11.5. The van der Waals surface area contributed by atoms with Crippen LogP contribution in [0.5, 0.6) is 0 Å². The molecule has 1 rings (SSSR count). The van der Waals surface area contributed by atoms with Crippen molar-refractivity contribution in [3.63, 3.8) is 0 Å². The molecule has 92 valence electrons. The van der Waals surface area contributed by atoms with Gasteiger partial charge >= 0.3 is 6.09 Å². The molecule has 0 saturated heterocycles. The lowest BCUT2D eigenvalue weighted by atomic mass is 10.0. The number of hydrogen-bond donors (Lipinski definition) is 1. The van der Waals surface area contributed by atoms with Crippen LogP contribution < -0.4 is 5.32 Å². The number of aldehydes is 1. The van der Waals surface area contributed by atoms with Crippen LogP contribution in [0.15, 0.2) is 0 Å². The number of nitrogens with one attached hydrogen (secondary N) is 1. The molecular weight excluding hydrogens is 206 g/mol. The van der Waals surface area contributed by atoms with Gasteiger partial charge in [0.25, 0.3) is 0 Å². The third-order valence-electron chi connectivity index (χ3n) is 2.76. The summed E-state index contributed by atoms with van der Waals surface area (Å²) in [7, 11) is 0. The van der Waals surface area contributed by atoms with Crippen molar-refractivity contribution >= 4 is 12.4 Å². The second kappa shape index (κ2) is 5.32. The molecule has 4 heteroatoms. The largest absolute Gasteiger partial charge is 0.444 e. The minimum Gasteiger partial charge on any atom is -0.444 e. The molecule has 4 nitrogen and oxygen atoms in total. The van der Waals surface area contributed by atoms with E-state index in [0.29, 0.717) is 6.42 Å². The number of carbonyl (C=O) groups is 2. The maximum Gasteiger partial charge on any atom is 0.407 e. The Morgan fingerprint density at radius 1 is 1.44 bits per heavy atom. The molecular formula is C12H21NO3. The van der Waals surface area contributed by atoms with E-state index in [0.717, 1.165) is 25.5 Å². The van der Waals surface area contributed by atoms with Crippen LogP contribution in [-0.4, -0.2) is 24.0 Å². The molecule has 0 spiro atoms. The van der Waals surface area contributed by atoms with Crippen molar-refractivity contribution in [3.05, 3.63) is 0 Å². The van der Waals surface area contributed by atoms with Crippen molar-refractivity contribution in [2.45, 2.75) is 58.1 Å². The molecule has 0 bridgehead atoms. The highest BCUT2D eigenvalue weighted by Crippen LogP contribution is 2.27. The molecule has 0 aliphatic heterocycles. The fourth-order valence-corrected chi connectivity index (χ4v) is 2.09. The molecule has 2 unspecified atom stereocenters. The Labute approximate surface area is 96.7 Å². The highest BCUT2D eigenvalue weighted by atomic mass is 16.6. The predicted molar refractivity (Wildman–Crippen MR) is 61.2 cm³/mol. The van der Waals surface area contributed by atoms with Crippen molar-refractivity contribution in [2.75, 3.05) is 0 Å². The Balaban J connectivity index is 2.41. The molecule has 0 aromatic rings. The van der Waals surface area contributed by atoms with Gasteiger partial charge in [-0.1, -0.05) is 6.42 Å². The Hall–Kier alpha value is -1.06. The van der Waals surface area contributed by atoms with E-state index in [1.165, 1.54) is 0 Å². The smallest absolute Gasteiger partial charge is 0.407 e.